The van der Waals surface area contributed by atoms with Gasteiger partial charge in [0, 0.05) is 10.0 Å². The maximum Gasteiger partial charge on any atom is 0.142 e. The monoisotopic (exact) mass is 425 g/mol. The SMILES string of the molecule is CC[C@H](N=C(NN)c1ccc(Br)cc1)[C@H](C)OCc1ccccc1.Cl. The van der Waals surface area contributed by atoms with Crippen molar-refractivity contribution in [2.45, 2.75) is 39.0 Å². The predicted molar refractivity (Wildman–Crippen MR) is 110 cm³/mol. The van der Waals surface area contributed by atoms with E-state index in [4.69, 9.17) is 15.6 Å². The number of hydrazine groups is 1. The predicted octanol–water partition coefficient (Wildman–Crippen LogP) is 4.46. The number of aliphatic imine (C=N–C) groups is 1. The van der Waals surface area contributed by atoms with Gasteiger partial charge in [-0.15, -0.1) is 12.4 Å². The molecule has 4 nitrogen and oxygen atoms in total. The van der Waals surface area contributed by atoms with Crippen LogP contribution in [0.15, 0.2) is 64.1 Å². The van der Waals surface area contributed by atoms with Crippen molar-refractivity contribution in [1.29, 1.82) is 0 Å². The van der Waals surface area contributed by atoms with Gasteiger partial charge in [0.15, 0.2) is 0 Å². The lowest BCUT2D eigenvalue weighted by Gasteiger charge is -2.21. The van der Waals surface area contributed by atoms with E-state index < -0.39 is 0 Å². The Kier molecular flexibility index (Phi) is 9.75. The third kappa shape index (κ3) is 6.78. The minimum atomic E-state index is -0.00555. The number of hydrogen-bond donors (Lipinski definition) is 2. The van der Waals surface area contributed by atoms with Crippen LogP contribution in [0.4, 0.5) is 0 Å². The molecule has 0 aliphatic rings. The summed E-state index contributed by atoms with van der Waals surface area (Å²) < 4.78 is 7.02. The quantitative estimate of drug-likeness (QED) is 0.297. The molecular weight excluding hydrogens is 402 g/mol. The Bertz CT molecular complexity index is 649. The van der Waals surface area contributed by atoms with E-state index in [0.717, 1.165) is 22.0 Å². The summed E-state index contributed by atoms with van der Waals surface area (Å²) in [5.74, 6) is 6.35. The summed E-state index contributed by atoms with van der Waals surface area (Å²) in [4.78, 5) is 4.77. The molecule has 2 atom stereocenters. The second-order valence-electron chi connectivity index (χ2n) is 5.61. The molecule has 0 spiro atoms. The summed E-state index contributed by atoms with van der Waals surface area (Å²) in [5.41, 5.74) is 4.82. The Hall–Kier alpha value is -1.40. The molecule has 0 fully saturated rings. The van der Waals surface area contributed by atoms with Gasteiger partial charge in [0.05, 0.1) is 18.8 Å². The fourth-order valence-corrected chi connectivity index (χ4v) is 2.67. The first kappa shape index (κ1) is 21.6. The Morgan fingerprint density at radius 3 is 2.36 bits per heavy atom. The number of halogens is 2. The number of amidine groups is 1. The first-order valence-corrected chi connectivity index (χ1v) is 8.89. The average molecular weight is 427 g/mol. The lowest BCUT2D eigenvalue weighted by Crippen LogP contribution is -2.34. The standard InChI is InChI=1S/C19H24BrN3O.ClH/c1-3-18(14(2)24-13-15-7-5-4-6-8-15)22-19(23-21)16-9-11-17(20)12-10-16;/h4-12,14,18H,3,13,21H2,1-2H3,(H,22,23);1H/t14-,18-;/m0./s1. The zero-order chi connectivity index (χ0) is 17.4. The molecular formula is C19H25BrClN3O. The minimum Gasteiger partial charge on any atom is -0.372 e. The maximum absolute atomic E-state index is 6.00. The van der Waals surface area contributed by atoms with Crippen LogP contribution in [0.3, 0.4) is 0 Å². The van der Waals surface area contributed by atoms with Crippen LogP contribution in [0.1, 0.15) is 31.4 Å². The molecule has 3 N–H and O–H groups in total. The van der Waals surface area contributed by atoms with Gasteiger partial charge in [-0.2, -0.15) is 0 Å². The molecule has 0 aromatic heterocycles. The van der Waals surface area contributed by atoms with Crippen LogP contribution in [0.25, 0.3) is 0 Å². The summed E-state index contributed by atoms with van der Waals surface area (Å²) in [5, 5.41) is 0. The summed E-state index contributed by atoms with van der Waals surface area (Å²) in [7, 11) is 0. The van der Waals surface area contributed by atoms with E-state index in [1.807, 2.05) is 42.5 Å². The molecule has 2 rings (SSSR count). The minimum absolute atomic E-state index is 0. The van der Waals surface area contributed by atoms with Gasteiger partial charge in [-0.25, -0.2) is 5.84 Å². The van der Waals surface area contributed by atoms with E-state index in [2.05, 4.69) is 47.3 Å². The molecule has 0 unspecified atom stereocenters. The number of benzene rings is 2. The summed E-state index contributed by atoms with van der Waals surface area (Å²) in [6, 6.07) is 18.1. The molecule has 136 valence electrons. The van der Waals surface area contributed by atoms with Crippen molar-refractivity contribution in [1.82, 2.24) is 5.43 Å². The van der Waals surface area contributed by atoms with Gasteiger partial charge in [0.25, 0.3) is 0 Å². The smallest absolute Gasteiger partial charge is 0.142 e. The topological polar surface area (TPSA) is 59.6 Å². The molecule has 25 heavy (non-hydrogen) atoms. The number of rotatable bonds is 7. The van der Waals surface area contributed by atoms with Crippen molar-refractivity contribution >= 4 is 34.2 Å². The van der Waals surface area contributed by atoms with Crippen LogP contribution in [0.5, 0.6) is 0 Å². The lowest BCUT2D eigenvalue weighted by atomic mass is 10.1. The lowest BCUT2D eigenvalue weighted by molar-refractivity contribution is 0.0358. The van der Waals surface area contributed by atoms with Gasteiger partial charge in [-0.3, -0.25) is 4.99 Å². The first-order valence-electron chi connectivity index (χ1n) is 8.10. The molecule has 0 aliphatic carbocycles. The number of nitrogens with one attached hydrogen (secondary N) is 1. The highest BCUT2D eigenvalue weighted by Crippen LogP contribution is 2.14. The van der Waals surface area contributed by atoms with Crippen LogP contribution in [0, 0.1) is 0 Å². The fraction of sp³-hybridized carbons (Fsp3) is 0.316. The van der Waals surface area contributed by atoms with Crippen molar-refractivity contribution in [3.8, 4) is 0 Å². The van der Waals surface area contributed by atoms with E-state index in [1.54, 1.807) is 0 Å². The highest BCUT2D eigenvalue weighted by atomic mass is 79.9. The van der Waals surface area contributed by atoms with Gasteiger partial charge in [-0.1, -0.05) is 65.3 Å². The molecule has 0 aliphatic heterocycles. The molecule has 0 radical (unpaired) electrons. The maximum atomic E-state index is 6.00. The molecule has 0 heterocycles. The molecule has 0 saturated heterocycles. The van der Waals surface area contributed by atoms with E-state index in [1.165, 1.54) is 0 Å². The van der Waals surface area contributed by atoms with Crippen LogP contribution < -0.4 is 11.3 Å². The molecule has 0 saturated carbocycles. The third-order valence-corrected chi connectivity index (χ3v) is 4.39. The van der Waals surface area contributed by atoms with Crippen LogP contribution in [-0.4, -0.2) is 18.0 Å². The molecule has 0 amide bonds. The van der Waals surface area contributed by atoms with Crippen molar-refractivity contribution in [3.63, 3.8) is 0 Å². The molecule has 6 heteroatoms. The number of ether oxygens (including phenoxy) is 1. The Morgan fingerprint density at radius 2 is 1.80 bits per heavy atom. The van der Waals surface area contributed by atoms with Crippen molar-refractivity contribution in [2.24, 2.45) is 10.8 Å². The average Bonchev–Trinajstić information content (AvgIpc) is 2.62. The van der Waals surface area contributed by atoms with Gasteiger partial charge >= 0.3 is 0 Å². The highest BCUT2D eigenvalue weighted by molar-refractivity contribution is 9.10. The second-order valence-corrected chi connectivity index (χ2v) is 6.52. The summed E-state index contributed by atoms with van der Waals surface area (Å²) in [6.45, 7) is 4.74. The van der Waals surface area contributed by atoms with Gasteiger partial charge in [0.2, 0.25) is 0 Å². The van der Waals surface area contributed by atoms with Gasteiger partial charge in [0.1, 0.15) is 5.84 Å². The molecule has 2 aromatic rings. The van der Waals surface area contributed by atoms with E-state index in [9.17, 15) is 0 Å². The van der Waals surface area contributed by atoms with Gasteiger partial charge < -0.3 is 10.2 Å². The van der Waals surface area contributed by atoms with E-state index >= 15 is 0 Å². The zero-order valence-corrected chi connectivity index (χ0v) is 16.9. The third-order valence-electron chi connectivity index (χ3n) is 3.87. The summed E-state index contributed by atoms with van der Waals surface area (Å²) >= 11 is 3.44. The Labute approximate surface area is 164 Å². The highest BCUT2D eigenvalue weighted by Gasteiger charge is 2.16. The zero-order valence-electron chi connectivity index (χ0n) is 14.5. The van der Waals surface area contributed by atoms with Crippen LogP contribution in [-0.2, 0) is 11.3 Å². The number of nitrogens with two attached hydrogens (primary N) is 1. The largest absolute Gasteiger partial charge is 0.372 e. The fourth-order valence-electron chi connectivity index (χ4n) is 2.41. The van der Waals surface area contributed by atoms with Crippen molar-refractivity contribution < 1.29 is 4.74 Å². The van der Waals surface area contributed by atoms with Crippen LogP contribution >= 0.6 is 28.3 Å². The number of nitrogens with zero attached hydrogens (tertiary/aromatic N) is 1. The Balaban J connectivity index is 0.00000312. The number of hydrogen-bond acceptors (Lipinski definition) is 3. The van der Waals surface area contributed by atoms with Crippen molar-refractivity contribution in [3.05, 3.63) is 70.2 Å². The second kappa shape index (κ2) is 11.3. The normalized spacial score (nSPS) is 13.7. The van der Waals surface area contributed by atoms with Crippen LogP contribution in [0.2, 0.25) is 0 Å². The summed E-state index contributed by atoms with van der Waals surface area (Å²) in [6.07, 6.45) is 0.867. The Morgan fingerprint density at radius 1 is 1.16 bits per heavy atom. The first-order chi connectivity index (χ1) is 11.6. The van der Waals surface area contributed by atoms with E-state index in [0.29, 0.717) is 12.4 Å². The van der Waals surface area contributed by atoms with Crippen molar-refractivity contribution in [2.75, 3.05) is 0 Å². The van der Waals surface area contributed by atoms with Gasteiger partial charge in [-0.05, 0) is 31.0 Å². The molecule has 2 aromatic carbocycles. The molecule has 0 bridgehead atoms. The van der Waals surface area contributed by atoms with E-state index in [-0.39, 0.29) is 24.6 Å².